The molecular weight excluding hydrogens is 190 g/mol. The van der Waals surface area contributed by atoms with E-state index in [0.717, 1.165) is 16.9 Å². The number of aromatic amines is 1. The molecule has 15 heavy (non-hydrogen) atoms. The Hall–Kier alpha value is -2.10. The zero-order chi connectivity index (χ0) is 10.7. The van der Waals surface area contributed by atoms with Crippen LogP contribution in [0.2, 0.25) is 0 Å². The molecule has 4 nitrogen and oxygen atoms in total. The van der Waals surface area contributed by atoms with Crippen LogP contribution in [0, 0.1) is 0 Å². The summed E-state index contributed by atoms with van der Waals surface area (Å²) in [5, 5.41) is 9.39. The third-order valence-corrected chi connectivity index (χ3v) is 2.15. The van der Waals surface area contributed by atoms with Crippen molar-refractivity contribution in [3.05, 3.63) is 46.8 Å². The summed E-state index contributed by atoms with van der Waals surface area (Å²) >= 11 is 0. The molecule has 0 aliphatic rings. The van der Waals surface area contributed by atoms with Crippen LogP contribution in [0.15, 0.2) is 41.2 Å². The van der Waals surface area contributed by atoms with Crippen molar-refractivity contribution in [1.82, 2.24) is 10.2 Å². The highest BCUT2D eigenvalue weighted by Gasteiger charge is 1.98. The van der Waals surface area contributed by atoms with Gasteiger partial charge in [-0.1, -0.05) is 12.1 Å². The lowest BCUT2D eigenvalue weighted by molar-refractivity contribution is 0.995. The quantitative estimate of drug-likeness (QED) is 0.773. The fourth-order valence-electron chi connectivity index (χ4n) is 1.31. The van der Waals surface area contributed by atoms with Gasteiger partial charge in [-0.25, -0.2) is 5.10 Å². The number of nitrogens with one attached hydrogen (secondary N) is 2. The van der Waals surface area contributed by atoms with Crippen molar-refractivity contribution in [3.8, 4) is 11.3 Å². The lowest BCUT2D eigenvalue weighted by Gasteiger charge is -2.02. The van der Waals surface area contributed by atoms with Crippen molar-refractivity contribution < 1.29 is 0 Å². The number of hydrogen-bond donors (Lipinski definition) is 2. The van der Waals surface area contributed by atoms with Crippen molar-refractivity contribution in [2.75, 3.05) is 12.4 Å². The summed E-state index contributed by atoms with van der Waals surface area (Å²) in [6.45, 7) is 0. The summed E-state index contributed by atoms with van der Waals surface area (Å²) in [6.07, 6.45) is 0. The van der Waals surface area contributed by atoms with Crippen LogP contribution in [-0.2, 0) is 0 Å². The van der Waals surface area contributed by atoms with E-state index in [1.54, 1.807) is 6.07 Å². The van der Waals surface area contributed by atoms with Crippen molar-refractivity contribution in [3.63, 3.8) is 0 Å². The number of benzene rings is 1. The smallest absolute Gasteiger partial charge is 0.264 e. The Balaban J connectivity index is 2.37. The molecule has 0 bridgehead atoms. The molecule has 0 aliphatic heterocycles. The topological polar surface area (TPSA) is 57.8 Å². The summed E-state index contributed by atoms with van der Waals surface area (Å²) in [4.78, 5) is 10.8. The van der Waals surface area contributed by atoms with Gasteiger partial charge in [-0.15, -0.1) is 0 Å². The molecule has 0 spiro atoms. The van der Waals surface area contributed by atoms with E-state index in [-0.39, 0.29) is 5.56 Å². The van der Waals surface area contributed by atoms with Gasteiger partial charge in [0.15, 0.2) is 0 Å². The molecule has 2 rings (SSSR count). The molecule has 0 atom stereocenters. The van der Waals surface area contributed by atoms with Crippen molar-refractivity contribution >= 4 is 5.69 Å². The van der Waals surface area contributed by atoms with Gasteiger partial charge in [0.2, 0.25) is 0 Å². The molecule has 0 radical (unpaired) electrons. The Kier molecular flexibility index (Phi) is 2.49. The first-order valence-corrected chi connectivity index (χ1v) is 4.63. The van der Waals surface area contributed by atoms with E-state index >= 15 is 0 Å². The third-order valence-electron chi connectivity index (χ3n) is 2.15. The van der Waals surface area contributed by atoms with Crippen LogP contribution in [0.5, 0.6) is 0 Å². The van der Waals surface area contributed by atoms with E-state index in [1.165, 1.54) is 6.07 Å². The minimum Gasteiger partial charge on any atom is -0.388 e. The minimum absolute atomic E-state index is 0.189. The van der Waals surface area contributed by atoms with Gasteiger partial charge in [-0.05, 0) is 18.2 Å². The first-order valence-electron chi connectivity index (χ1n) is 4.63. The zero-order valence-electron chi connectivity index (χ0n) is 8.32. The minimum atomic E-state index is -0.189. The second-order valence-electron chi connectivity index (χ2n) is 3.13. The average Bonchev–Trinajstić information content (AvgIpc) is 2.30. The zero-order valence-corrected chi connectivity index (χ0v) is 8.32. The maximum Gasteiger partial charge on any atom is 0.264 e. The largest absolute Gasteiger partial charge is 0.388 e. The van der Waals surface area contributed by atoms with Gasteiger partial charge >= 0.3 is 0 Å². The van der Waals surface area contributed by atoms with Crippen LogP contribution in [0.1, 0.15) is 0 Å². The van der Waals surface area contributed by atoms with Gasteiger partial charge in [0.25, 0.3) is 5.56 Å². The maximum absolute atomic E-state index is 10.8. The number of aromatic nitrogens is 2. The number of anilines is 1. The Morgan fingerprint density at radius 1 is 1.13 bits per heavy atom. The average molecular weight is 201 g/mol. The van der Waals surface area contributed by atoms with Crippen molar-refractivity contribution in [2.24, 2.45) is 0 Å². The van der Waals surface area contributed by atoms with Gasteiger partial charge in [0.1, 0.15) is 0 Å². The highest BCUT2D eigenvalue weighted by molar-refractivity contribution is 5.61. The maximum atomic E-state index is 10.8. The molecule has 1 aromatic carbocycles. The predicted octanol–water partition coefficient (Wildman–Crippen LogP) is 1.48. The number of hydrogen-bond acceptors (Lipinski definition) is 3. The first-order chi connectivity index (χ1) is 7.29. The van der Waals surface area contributed by atoms with Crippen LogP contribution in [0.4, 0.5) is 5.69 Å². The highest BCUT2D eigenvalue weighted by Crippen LogP contribution is 2.17. The van der Waals surface area contributed by atoms with Crippen LogP contribution >= 0.6 is 0 Å². The summed E-state index contributed by atoms with van der Waals surface area (Å²) < 4.78 is 0. The fourth-order valence-corrected chi connectivity index (χ4v) is 1.31. The Morgan fingerprint density at radius 3 is 2.40 bits per heavy atom. The summed E-state index contributed by atoms with van der Waals surface area (Å²) in [7, 11) is 1.87. The van der Waals surface area contributed by atoms with Crippen LogP contribution in [-0.4, -0.2) is 17.2 Å². The number of H-pyrrole nitrogens is 1. The second kappa shape index (κ2) is 3.96. The van der Waals surface area contributed by atoms with E-state index in [1.807, 2.05) is 31.3 Å². The molecule has 1 aromatic heterocycles. The van der Waals surface area contributed by atoms with Gasteiger partial charge in [-0.2, -0.15) is 5.10 Å². The standard InChI is InChI=1S/C11H11N3O/c1-12-9-4-2-8(3-5-9)10-6-7-11(15)14-13-10/h2-7,12H,1H3,(H,14,15). The van der Waals surface area contributed by atoms with E-state index in [2.05, 4.69) is 15.5 Å². The van der Waals surface area contributed by atoms with Crippen LogP contribution in [0.3, 0.4) is 0 Å². The molecule has 76 valence electrons. The molecule has 0 saturated carbocycles. The van der Waals surface area contributed by atoms with Gasteiger partial charge in [0, 0.05) is 24.4 Å². The Morgan fingerprint density at radius 2 is 1.87 bits per heavy atom. The molecule has 1 heterocycles. The Bertz CT molecular complexity index is 481. The van der Waals surface area contributed by atoms with Crippen LogP contribution < -0.4 is 10.9 Å². The molecule has 0 aliphatic carbocycles. The monoisotopic (exact) mass is 201 g/mol. The molecule has 2 N–H and O–H groups in total. The number of nitrogens with zero attached hydrogens (tertiary/aromatic N) is 1. The normalized spacial score (nSPS) is 9.93. The van der Waals surface area contributed by atoms with E-state index in [4.69, 9.17) is 0 Å². The summed E-state index contributed by atoms with van der Waals surface area (Å²) in [5.74, 6) is 0. The Labute approximate surface area is 87.0 Å². The molecule has 2 aromatic rings. The summed E-state index contributed by atoms with van der Waals surface area (Å²) in [6, 6.07) is 11.0. The lowest BCUT2D eigenvalue weighted by atomic mass is 10.1. The van der Waals surface area contributed by atoms with E-state index < -0.39 is 0 Å². The highest BCUT2D eigenvalue weighted by atomic mass is 16.1. The second-order valence-corrected chi connectivity index (χ2v) is 3.13. The lowest BCUT2D eigenvalue weighted by Crippen LogP contribution is -2.05. The van der Waals surface area contributed by atoms with E-state index in [9.17, 15) is 4.79 Å². The molecule has 0 amide bonds. The van der Waals surface area contributed by atoms with Gasteiger partial charge in [0.05, 0.1) is 5.69 Å². The van der Waals surface area contributed by atoms with Gasteiger partial charge < -0.3 is 5.32 Å². The van der Waals surface area contributed by atoms with Gasteiger partial charge in [-0.3, -0.25) is 4.79 Å². The molecule has 4 heteroatoms. The fraction of sp³-hybridized carbons (Fsp3) is 0.0909. The van der Waals surface area contributed by atoms with Crippen molar-refractivity contribution in [2.45, 2.75) is 0 Å². The summed E-state index contributed by atoms with van der Waals surface area (Å²) in [5.41, 5.74) is 2.59. The third kappa shape index (κ3) is 2.04. The molecular formula is C11H11N3O. The predicted molar refractivity (Wildman–Crippen MR) is 59.8 cm³/mol. The van der Waals surface area contributed by atoms with E-state index in [0.29, 0.717) is 0 Å². The number of rotatable bonds is 2. The van der Waals surface area contributed by atoms with Crippen molar-refractivity contribution in [1.29, 1.82) is 0 Å². The molecule has 0 fully saturated rings. The first kappa shape index (κ1) is 9.45. The molecule has 0 saturated heterocycles. The van der Waals surface area contributed by atoms with Crippen LogP contribution in [0.25, 0.3) is 11.3 Å². The molecule has 0 unspecified atom stereocenters. The SMILES string of the molecule is CNc1ccc(-c2ccc(=O)[nH]n2)cc1.